The highest BCUT2D eigenvalue weighted by molar-refractivity contribution is 9.10. The van der Waals surface area contributed by atoms with Crippen LogP contribution in [0.4, 0.5) is 0 Å². The smallest absolute Gasteiger partial charge is 0.156 e. The number of hydrogen-bond acceptors (Lipinski definition) is 3. The topological polar surface area (TPSA) is 52.3 Å². The summed E-state index contributed by atoms with van der Waals surface area (Å²) >= 11 is 3.42. The van der Waals surface area contributed by atoms with E-state index in [0.29, 0.717) is 12.3 Å². The summed E-state index contributed by atoms with van der Waals surface area (Å²) in [5, 5.41) is 0. The van der Waals surface area contributed by atoms with E-state index in [1.807, 2.05) is 25.1 Å². The van der Waals surface area contributed by atoms with Crippen LogP contribution in [0, 0.1) is 5.92 Å². The standard InChI is InChI=1S/C14H18BrNO2/c1-14(16,10-4-5-10)13(17)8-9-3-6-12(18-2)11(15)7-9/h3,6-7,10H,4-5,8,16H2,1-2H3. The van der Waals surface area contributed by atoms with Crippen molar-refractivity contribution in [2.24, 2.45) is 11.7 Å². The fourth-order valence-corrected chi connectivity index (χ4v) is 2.69. The van der Waals surface area contributed by atoms with Crippen LogP contribution in [0.3, 0.4) is 0 Å². The van der Waals surface area contributed by atoms with Gasteiger partial charge in [0.05, 0.1) is 17.1 Å². The first-order chi connectivity index (χ1) is 8.45. The second-order valence-corrected chi connectivity index (χ2v) is 5.98. The number of ketones is 1. The van der Waals surface area contributed by atoms with Gasteiger partial charge in [-0.15, -0.1) is 0 Å². The van der Waals surface area contributed by atoms with Crippen molar-refractivity contribution >= 4 is 21.7 Å². The third-order valence-electron chi connectivity index (χ3n) is 3.61. The van der Waals surface area contributed by atoms with Crippen molar-refractivity contribution in [3.8, 4) is 5.75 Å². The first-order valence-electron chi connectivity index (χ1n) is 6.09. The van der Waals surface area contributed by atoms with Gasteiger partial charge in [-0.1, -0.05) is 6.07 Å². The maximum absolute atomic E-state index is 12.2. The zero-order chi connectivity index (χ0) is 13.3. The van der Waals surface area contributed by atoms with Crippen LogP contribution in [0.1, 0.15) is 25.3 Å². The summed E-state index contributed by atoms with van der Waals surface area (Å²) in [4.78, 5) is 12.2. The van der Waals surface area contributed by atoms with Crippen LogP contribution >= 0.6 is 15.9 Å². The molecule has 1 aromatic rings. The molecule has 1 aromatic carbocycles. The molecule has 18 heavy (non-hydrogen) atoms. The number of rotatable bonds is 5. The molecule has 0 aliphatic heterocycles. The fourth-order valence-electron chi connectivity index (χ4n) is 2.11. The van der Waals surface area contributed by atoms with Crippen LogP contribution in [0.15, 0.2) is 22.7 Å². The van der Waals surface area contributed by atoms with E-state index in [4.69, 9.17) is 10.5 Å². The highest BCUT2D eigenvalue weighted by Crippen LogP contribution is 2.39. The number of hydrogen-bond donors (Lipinski definition) is 1. The number of carbonyl (C=O) groups is 1. The van der Waals surface area contributed by atoms with Crippen molar-refractivity contribution in [3.05, 3.63) is 28.2 Å². The van der Waals surface area contributed by atoms with Gasteiger partial charge in [0, 0.05) is 6.42 Å². The molecule has 98 valence electrons. The van der Waals surface area contributed by atoms with E-state index < -0.39 is 5.54 Å². The van der Waals surface area contributed by atoms with Crippen molar-refractivity contribution < 1.29 is 9.53 Å². The summed E-state index contributed by atoms with van der Waals surface area (Å²) < 4.78 is 6.03. The number of benzene rings is 1. The Labute approximate surface area is 116 Å². The van der Waals surface area contributed by atoms with E-state index in [0.717, 1.165) is 28.6 Å². The van der Waals surface area contributed by atoms with Crippen LogP contribution in [0.2, 0.25) is 0 Å². The molecule has 0 radical (unpaired) electrons. The number of Topliss-reactive ketones (excluding diaryl/α,β-unsaturated/α-hetero) is 1. The molecule has 0 heterocycles. The Morgan fingerprint density at radius 3 is 2.72 bits per heavy atom. The molecule has 2 rings (SSSR count). The third kappa shape index (κ3) is 2.75. The molecular weight excluding hydrogens is 294 g/mol. The molecule has 0 saturated heterocycles. The van der Waals surface area contributed by atoms with Gasteiger partial charge in [-0.3, -0.25) is 4.79 Å². The second-order valence-electron chi connectivity index (χ2n) is 5.13. The molecular formula is C14H18BrNO2. The number of ether oxygens (including phenoxy) is 1. The highest BCUT2D eigenvalue weighted by Gasteiger charge is 2.43. The van der Waals surface area contributed by atoms with Crippen LogP contribution in [-0.4, -0.2) is 18.4 Å². The number of nitrogens with two attached hydrogens (primary N) is 1. The molecule has 4 heteroatoms. The average molecular weight is 312 g/mol. The Morgan fingerprint density at radius 2 is 2.22 bits per heavy atom. The van der Waals surface area contributed by atoms with Gasteiger partial charge >= 0.3 is 0 Å². The van der Waals surface area contributed by atoms with Crippen molar-refractivity contribution in [3.63, 3.8) is 0 Å². The van der Waals surface area contributed by atoms with Crippen molar-refractivity contribution in [1.29, 1.82) is 0 Å². The third-order valence-corrected chi connectivity index (χ3v) is 4.23. The van der Waals surface area contributed by atoms with Crippen molar-refractivity contribution in [2.75, 3.05) is 7.11 Å². The lowest BCUT2D eigenvalue weighted by Gasteiger charge is -2.22. The molecule has 1 unspecified atom stereocenters. The van der Waals surface area contributed by atoms with Gasteiger partial charge in [-0.05, 0) is 59.3 Å². The molecule has 1 aliphatic rings. The summed E-state index contributed by atoms with van der Waals surface area (Å²) in [6, 6.07) is 5.68. The number of carbonyl (C=O) groups excluding carboxylic acids is 1. The van der Waals surface area contributed by atoms with Gasteiger partial charge in [0.2, 0.25) is 0 Å². The molecule has 0 amide bonds. The van der Waals surface area contributed by atoms with Gasteiger partial charge in [-0.25, -0.2) is 0 Å². The number of methoxy groups -OCH3 is 1. The Hall–Kier alpha value is -0.870. The molecule has 1 aliphatic carbocycles. The minimum atomic E-state index is -0.674. The lowest BCUT2D eigenvalue weighted by Crippen LogP contribution is -2.47. The first-order valence-corrected chi connectivity index (χ1v) is 6.89. The SMILES string of the molecule is COc1ccc(CC(=O)C(C)(N)C2CC2)cc1Br. The van der Waals surface area contributed by atoms with Gasteiger partial charge in [0.25, 0.3) is 0 Å². The van der Waals surface area contributed by atoms with E-state index in [9.17, 15) is 4.79 Å². The monoisotopic (exact) mass is 311 g/mol. The van der Waals surface area contributed by atoms with Crippen LogP contribution in [-0.2, 0) is 11.2 Å². The molecule has 0 aromatic heterocycles. The zero-order valence-electron chi connectivity index (χ0n) is 10.7. The largest absolute Gasteiger partial charge is 0.496 e. The normalized spacial score (nSPS) is 18.2. The molecule has 0 bridgehead atoms. The lowest BCUT2D eigenvalue weighted by atomic mass is 9.88. The molecule has 1 saturated carbocycles. The van der Waals surface area contributed by atoms with Gasteiger partial charge < -0.3 is 10.5 Å². The Balaban J connectivity index is 2.09. The van der Waals surface area contributed by atoms with Crippen molar-refractivity contribution in [1.82, 2.24) is 0 Å². The Kier molecular flexibility index (Phi) is 3.78. The fraction of sp³-hybridized carbons (Fsp3) is 0.500. The molecule has 1 atom stereocenters. The average Bonchev–Trinajstić information content (AvgIpc) is 3.13. The predicted molar refractivity (Wildman–Crippen MR) is 74.7 cm³/mol. The maximum Gasteiger partial charge on any atom is 0.156 e. The van der Waals surface area contributed by atoms with Gasteiger partial charge in [-0.2, -0.15) is 0 Å². The number of halogens is 1. The van der Waals surface area contributed by atoms with E-state index in [2.05, 4.69) is 15.9 Å². The van der Waals surface area contributed by atoms with E-state index in [1.54, 1.807) is 7.11 Å². The zero-order valence-corrected chi connectivity index (χ0v) is 12.3. The molecule has 2 N–H and O–H groups in total. The Bertz CT molecular complexity index is 467. The van der Waals surface area contributed by atoms with E-state index in [-0.39, 0.29) is 5.78 Å². The summed E-state index contributed by atoms with van der Waals surface area (Å²) in [7, 11) is 1.62. The molecule has 3 nitrogen and oxygen atoms in total. The minimum Gasteiger partial charge on any atom is -0.496 e. The summed E-state index contributed by atoms with van der Waals surface area (Å²) in [6.07, 6.45) is 2.53. The Morgan fingerprint density at radius 1 is 1.56 bits per heavy atom. The minimum absolute atomic E-state index is 0.113. The summed E-state index contributed by atoms with van der Waals surface area (Å²) in [5.41, 5.74) is 6.41. The van der Waals surface area contributed by atoms with Gasteiger partial charge in [0.1, 0.15) is 5.75 Å². The summed E-state index contributed by atoms with van der Waals surface area (Å²) in [5.74, 6) is 1.25. The quantitative estimate of drug-likeness (QED) is 0.909. The summed E-state index contributed by atoms with van der Waals surface area (Å²) in [6.45, 7) is 1.85. The van der Waals surface area contributed by atoms with Gasteiger partial charge in [0.15, 0.2) is 5.78 Å². The molecule has 1 fully saturated rings. The predicted octanol–water partition coefficient (Wildman–Crippen LogP) is 2.70. The lowest BCUT2D eigenvalue weighted by molar-refractivity contribution is -0.123. The first kappa shape index (κ1) is 13.6. The van der Waals surface area contributed by atoms with Crippen LogP contribution in [0.25, 0.3) is 0 Å². The highest BCUT2D eigenvalue weighted by atomic mass is 79.9. The van der Waals surface area contributed by atoms with Crippen molar-refractivity contribution in [2.45, 2.75) is 31.7 Å². The maximum atomic E-state index is 12.2. The van der Waals surface area contributed by atoms with E-state index >= 15 is 0 Å². The van der Waals surface area contributed by atoms with Crippen LogP contribution in [0.5, 0.6) is 5.75 Å². The van der Waals surface area contributed by atoms with Crippen LogP contribution < -0.4 is 10.5 Å². The molecule has 0 spiro atoms. The second kappa shape index (κ2) is 5.02. The van der Waals surface area contributed by atoms with E-state index in [1.165, 1.54) is 0 Å².